The number of rotatable bonds is 9. The maximum atomic E-state index is 12.8. The predicted molar refractivity (Wildman–Crippen MR) is 151 cm³/mol. The normalized spacial score (nSPS) is 14.3. The highest BCUT2D eigenvalue weighted by Crippen LogP contribution is 2.29. The number of ether oxygens (including phenoxy) is 2. The number of hydrogen-bond donors (Lipinski definition) is 0. The van der Waals surface area contributed by atoms with Crippen LogP contribution in [0.5, 0.6) is 17.2 Å². The molecule has 1 aliphatic heterocycles. The van der Waals surface area contributed by atoms with Crippen LogP contribution in [0.25, 0.3) is 10.4 Å². The van der Waals surface area contributed by atoms with Gasteiger partial charge in [-0.1, -0.05) is 24.3 Å². The van der Waals surface area contributed by atoms with Crippen molar-refractivity contribution in [1.82, 2.24) is 4.90 Å². The molecular weight excluding hydrogens is 520 g/mol. The molecule has 9 heteroatoms. The molecule has 0 N–H and O–H groups in total. The first kappa shape index (κ1) is 26.1. The lowest BCUT2D eigenvalue weighted by molar-refractivity contribution is 0.249. The van der Waals surface area contributed by atoms with E-state index in [9.17, 15) is 8.42 Å². The van der Waals surface area contributed by atoms with Crippen molar-refractivity contribution in [3.8, 4) is 27.7 Å². The molecule has 0 saturated carbocycles. The smallest absolute Gasteiger partial charge is 0.339 e. The van der Waals surface area contributed by atoms with Gasteiger partial charge in [0.25, 0.3) is 0 Å². The van der Waals surface area contributed by atoms with Crippen molar-refractivity contribution in [2.24, 2.45) is 0 Å². The van der Waals surface area contributed by atoms with Crippen molar-refractivity contribution in [2.45, 2.75) is 11.4 Å². The second-order valence-electron chi connectivity index (χ2n) is 8.99. The Bertz CT molecular complexity index is 1450. The lowest BCUT2D eigenvalue weighted by Gasteiger charge is -2.36. The molecule has 1 aromatic heterocycles. The van der Waals surface area contributed by atoms with Gasteiger partial charge in [0.2, 0.25) is 0 Å². The molecule has 0 atom stereocenters. The summed E-state index contributed by atoms with van der Waals surface area (Å²) in [5.41, 5.74) is 3.20. The molecule has 1 aliphatic rings. The number of methoxy groups -OCH3 is 2. The van der Waals surface area contributed by atoms with Gasteiger partial charge >= 0.3 is 10.1 Å². The second-order valence-corrected chi connectivity index (χ2v) is 11.5. The van der Waals surface area contributed by atoms with Crippen LogP contribution in [0.4, 0.5) is 5.69 Å². The summed E-state index contributed by atoms with van der Waals surface area (Å²) in [7, 11) is -0.630. The quantitative estimate of drug-likeness (QED) is 0.254. The number of nitrogens with zero attached hydrogens (tertiary/aromatic N) is 2. The summed E-state index contributed by atoms with van der Waals surface area (Å²) in [6, 6.07) is 24.0. The number of hydrogen-bond acceptors (Lipinski definition) is 8. The number of benzene rings is 3. The highest BCUT2D eigenvalue weighted by Gasteiger charge is 2.20. The van der Waals surface area contributed by atoms with E-state index in [2.05, 4.69) is 15.9 Å². The first-order valence-electron chi connectivity index (χ1n) is 12.3. The SMILES string of the molecule is COc1ccc(CN2CCN(c3ccc(OS(=O)(=O)c4ccc(-c5cccs5)cc4)cc3)CC2)cc1OC. The third-order valence-corrected chi connectivity index (χ3v) is 8.76. The summed E-state index contributed by atoms with van der Waals surface area (Å²) in [4.78, 5) is 5.93. The standard InChI is InChI=1S/C29H30N2O5S2/c1-34-27-14-5-22(20-28(27)35-2)21-30-15-17-31(18-16-30)24-8-10-25(11-9-24)36-38(32,33)26-12-6-23(7-13-26)29-4-3-19-37-29/h3-14,19-20H,15-18,21H2,1-2H3. The molecule has 1 fully saturated rings. The van der Waals surface area contributed by atoms with Crippen molar-refractivity contribution in [2.75, 3.05) is 45.3 Å². The van der Waals surface area contributed by atoms with Gasteiger partial charge in [0.1, 0.15) is 10.6 Å². The molecule has 198 valence electrons. The van der Waals surface area contributed by atoms with Gasteiger partial charge in [0, 0.05) is 43.3 Å². The Morgan fingerprint density at radius 2 is 1.53 bits per heavy atom. The fraction of sp³-hybridized carbons (Fsp3) is 0.241. The lowest BCUT2D eigenvalue weighted by atomic mass is 10.1. The average molecular weight is 551 g/mol. The van der Waals surface area contributed by atoms with Gasteiger partial charge in [-0.05, 0) is 71.1 Å². The van der Waals surface area contributed by atoms with E-state index in [1.807, 2.05) is 41.8 Å². The topological polar surface area (TPSA) is 68.3 Å². The molecule has 2 heterocycles. The van der Waals surface area contributed by atoms with Gasteiger partial charge in [-0.2, -0.15) is 8.42 Å². The lowest BCUT2D eigenvalue weighted by Crippen LogP contribution is -2.45. The van der Waals surface area contributed by atoms with Crippen molar-refractivity contribution in [3.05, 3.63) is 89.8 Å². The molecule has 0 radical (unpaired) electrons. The summed E-state index contributed by atoms with van der Waals surface area (Å²) < 4.78 is 41.8. The van der Waals surface area contributed by atoms with Crippen LogP contribution in [0.2, 0.25) is 0 Å². The van der Waals surface area contributed by atoms with Gasteiger partial charge in [-0.3, -0.25) is 4.90 Å². The number of thiophene rings is 1. The van der Waals surface area contributed by atoms with Gasteiger partial charge < -0.3 is 18.6 Å². The highest BCUT2D eigenvalue weighted by molar-refractivity contribution is 7.87. The van der Waals surface area contributed by atoms with Crippen LogP contribution in [-0.4, -0.2) is 53.7 Å². The predicted octanol–water partition coefficient (Wildman–Crippen LogP) is 5.52. The maximum Gasteiger partial charge on any atom is 0.339 e. The van der Waals surface area contributed by atoms with Gasteiger partial charge in [0.05, 0.1) is 14.2 Å². The van der Waals surface area contributed by atoms with E-state index in [4.69, 9.17) is 13.7 Å². The van der Waals surface area contributed by atoms with E-state index in [1.54, 1.807) is 62.0 Å². The Balaban J connectivity index is 1.16. The first-order chi connectivity index (χ1) is 18.4. The third kappa shape index (κ3) is 5.96. The molecular formula is C29H30N2O5S2. The van der Waals surface area contributed by atoms with E-state index >= 15 is 0 Å². The monoisotopic (exact) mass is 550 g/mol. The van der Waals surface area contributed by atoms with Gasteiger partial charge in [0.15, 0.2) is 11.5 Å². The fourth-order valence-corrected chi connectivity index (χ4v) is 6.18. The van der Waals surface area contributed by atoms with E-state index in [1.165, 1.54) is 5.56 Å². The van der Waals surface area contributed by atoms with Crippen LogP contribution in [0.3, 0.4) is 0 Å². The van der Waals surface area contributed by atoms with Crippen molar-refractivity contribution in [1.29, 1.82) is 0 Å². The van der Waals surface area contributed by atoms with Gasteiger partial charge in [-0.15, -0.1) is 11.3 Å². The largest absolute Gasteiger partial charge is 0.493 e. The van der Waals surface area contributed by atoms with E-state index in [0.717, 1.165) is 60.4 Å². The van der Waals surface area contributed by atoms with Crippen LogP contribution < -0.4 is 18.6 Å². The molecule has 0 bridgehead atoms. The highest BCUT2D eigenvalue weighted by atomic mass is 32.2. The minimum atomic E-state index is -3.92. The van der Waals surface area contributed by atoms with Crippen LogP contribution in [-0.2, 0) is 16.7 Å². The zero-order chi connectivity index (χ0) is 26.5. The molecule has 0 aliphatic carbocycles. The van der Waals surface area contributed by atoms with Crippen LogP contribution in [0.1, 0.15) is 5.56 Å². The van der Waals surface area contributed by atoms with Gasteiger partial charge in [-0.25, -0.2) is 0 Å². The summed E-state index contributed by atoms with van der Waals surface area (Å²) in [6.45, 7) is 4.43. The molecule has 7 nitrogen and oxygen atoms in total. The molecule has 4 aromatic rings. The van der Waals surface area contributed by atoms with Crippen molar-refractivity contribution < 1.29 is 22.1 Å². The molecule has 1 saturated heterocycles. The van der Waals surface area contributed by atoms with Crippen molar-refractivity contribution in [3.63, 3.8) is 0 Å². The summed E-state index contributed by atoms with van der Waals surface area (Å²) in [5.74, 6) is 1.76. The minimum Gasteiger partial charge on any atom is -0.493 e. The maximum absolute atomic E-state index is 12.8. The minimum absolute atomic E-state index is 0.132. The average Bonchev–Trinajstić information content (AvgIpc) is 3.49. The Kier molecular flexibility index (Phi) is 7.87. The van der Waals surface area contributed by atoms with Crippen molar-refractivity contribution >= 4 is 27.1 Å². The molecule has 0 amide bonds. The van der Waals surface area contributed by atoms with Crippen LogP contribution in [0, 0.1) is 0 Å². The summed E-state index contributed by atoms with van der Waals surface area (Å²) in [5, 5.41) is 1.99. The van der Waals surface area contributed by atoms with E-state index in [-0.39, 0.29) is 4.90 Å². The fourth-order valence-electron chi connectivity index (χ4n) is 4.52. The first-order valence-corrected chi connectivity index (χ1v) is 14.6. The second kappa shape index (κ2) is 11.5. The zero-order valence-corrected chi connectivity index (χ0v) is 23.0. The molecule has 3 aromatic carbocycles. The zero-order valence-electron chi connectivity index (χ0n) is 21.4. The van der Waals surface area contributed by atoms with E-state index < -0.39 is 10.1 Å². The van der Waals surface area contributed by atoms with Crippen LogP contribution in [0.15, 0.2) is 89.1 Å². The molecule has 38 heavy (non-hydrogen) atoms. The molecule has 0 spiro atoms. The molecule has 5 rings (SSSR count). The van der Waals surface area contributed by atoms with E-state index in [0.29, 0.717) is 5.75 Å². The Morgan fingerprint density at radius 1 is 0.816 bits per heavy atom. The number of anilines is 1. The Labute approximate surface area is 227 Å². The van der Waals surface area contributed by atoms with Crippen LogP contribution >= 0.6 is 11.3 Å². The molecule has 0 unspecified atom stereocenters. The number of piperazine rings is 1. The summed E-state index contributed by atoms with van der Waals surface area (Å²) >= 11 is 1.61. The Hall–Kier alpha value is -3.53. The Morgan fingerprint density at radius 3 is 2.16 bits per heavy atom. The summed E-state index contributed by atoms with van der Waals surface area (Å²) in [6.07, 6.45) is 0. The third-order valence-electron chi connectivity index (χ3n) is 6.58.